The van der Waals surface area contributed by atoms with Crippen LogP contribution in [-0.2, 0) is 29.6 Å². The number of imide groups is 2. The molecule has 2 aromatic carbocycles. The Kier molecular flexibility index (Phi) is 6.30. The second-order valence-corrected chi connectivity index (χ2v) is 10.4. The molecule has 2 fully saturated rings. The van der Waals surface area contributed by atoms with Gasteiger partial charge in [0.05, 0.1) is 11.7 Å². The maximum absolute atomic E-state index is 13.5. The number of aromatic hydroxyl groups is 1. The van der Waals surface area contributed by atoms with Crippen LogP contribution in [0.2, 0.25) is 0 Å². The Morgan fingerprint density at radius 1 is 1.02 bits per heavy atom. The number of benzene rings is 2. The van der Waals surface area contributed by atoms with Crippen molar-refractivity contribution in [2.75, 3.05) is 24.5 Å². The Labute approximate surface area is 233 Å². The first-order valence-electron chi connectivity index (χ1n) is 13.1. The van der Waals surface area contributed by atoms with E-state index in [9.17, 15) is 29.1 Å². The number of amides is 4. The summed E-state index contributed by atoms with van der Waals surface area (Å²) in [5.41, 5.74) is -0.269. The monoisotopic (exact) mass is 557 g/mol. The van der Waals surface area contributed by atoms with Gasteiger partial charge < -0.3 is 10.0 Å². The second kappa shape index (κ2) is 9.86. The van der Waals surface area contributed by atoms with Gasteiger partial charge in [-0.25, -0.2) is 9.59 Å². The molecule has 210 valence electrons. The van der Waals surface area contributed by atoms with E-state index < -0.39 is 46.4 Å². The molecular formula is C28H27N7O6. The van der Waals surface area contributed by atoms with Crippen molar-refractivity contribution in [1.29, 1.82) is 0 Å². The molecule has 1 aromatic heterocycles. The van der Waals surface area contributed by atoms with Gasteiger partial charge in [-0.05, 0) is 35.7 Å². The molecule has 2 saturated heterocycles. The molecule has 0 bridgehead atoms. The summed E-state index contributed by atoms with van der Waals surface area (Å²) in [5.74, 6) is -1.83. The standard InChI is InChI=1S/C28H27N7O6/c1-33-23(37)19(22(36)30-27(33)41)13-29-18-7-8-20-17(11-18)12-28(24(38)31-26(40)32-25(28)39)21-15-34(9-10-35(20)21)14-16-5-3-2-4-6-16/h2-8,11,13,21,37H,9-10,12,14-15H2,1H3,(H,30,36,41)(H2,31,32,38,39,40). The largest absolute Gasteiger partial charge is 0.494 e. The van der Waals surface area contributed by atoms with Gasteiger partial charge in [-0.2, -0.15) is 0 Å². The van der Waals surface area contributed by atoms with Crippen molar-refractivity contribution in [1.82, 2.24) is 25.1 Å². The summed E-state index contributed by atoms with van der Waals surface area (Å²) in [5, 5.41) is 14.9. The molecule has 3 aromatic rings. The van der Waals surface area contributed by atoms with Crippen LogP contribution < -0.4 is 26.8 Å². The highest BCUT2D eigenvalue weighted by molar-refractivity contribution is 6.20. The van der Waals surface area contributed by atoms with Gasteiger partial charge >= 0.3 is 11.7 Å². The molecule has 4 amide bonds. The number of nitrogens with one attached hydrogen (secondary N) is 3. The van der Waals surface area contributed by atoms with Crippen molar-refractivity contribution in [2.45, 2.75) is 19.0 Å². The lowest BCUT2D eigenvalue weighted by molar-refractivity contribution is -0.147. The summed E-state index contributed by atoms with van der Waals surface area (Å²) < 4.78 is 0.887. The van der Waals surface area contributed by atoms with Gasteiger partial charge in [-0.3, -0.25) is 44.5 Å². The van der Waals surface area contributed by atoms with E-state index in [1.165, 1.54) is 7.05 Å². The van der Waals surface area contributed by atoms with Crippen LogP contribution in [0.4, 0.5) is 16.2 Å². The molecule has 0 aliphatic carbocycles. The molecule has 1 atom stereocenters. The fourth-order valence-electron chi connectivity index (χ4n) is 5.94. The van der Waals surface area contributed by atoms with Gasteiger partial charge in [0.15, 0.2) is 5.41 Å². The van der Waals surface area contributed by atoms with Gasteiger partial charge in [-0.15, -0.1) is 0 Å². The quantitative estimate of drug-likeness (QED) is 0.259. The Morgan fingerprint density at radius 3 is 2.49 bits per heavy atom. The molecule has 13 nitrogen and oxygen atoms in total. The van der Waals surface area contributed by atoms with Crippen molar-refractivity contribution in [3.63, 3.8) is 0 Å². The van der Waals surface area contributed by atoms with Crippen LogP contribution in [0.5, 0.6) is 5.88 Å². The predicted molar refractivity (Wildman–Crippen MR) is 148 cm³/mol. The first-order chi connectivity index (χ1) is 19.7. The first-order valence-corrected chi connectivity index (χ1v) is 13.1. The van der Waals surface area contributed by atoms with Crippen molar-refractivity contribution in [2.24, 2.45) is 17.5 Å². The number of barbiturate groups is 1. The molecule has 1 spiro atoms. The minimum Gasteiger partial charge on any atom is -0.494 e. The summed E-state index contributed by atoms with van der Waals surface area (Å²) in [7, 11) is 1.31. The van der Waals surface area contributed by atoms with E-state index in [1.54, 1.807) is 12.1 Å². The molecule has 1 unspecified atom stereocenters. The van der Waals surface area contributed by atoms with Crippen LogP contribution in [0.3, 0.4) is 0 Å². The number of aromatic nitrogens is 2. The zero-order valence-electron chi connectivity index (χ0n) is 22.1. The molecule has 0 saturated carbocycles. The average Bonchev–Trinajstić information content (AvgIpc) is 2.95. The number of H-pyrrole nitrogens is 1. The predicted octanol–water partition coefficient (Wildman–Crippen LogP) is 0.129. The van der Waals surface area contributed by atoms with E-state index in [-0.39, 0.29) is 12.0 Å². The zero-order valence-corrected chi connectivity index (χ0v) is 22.1. The Hall–Kier alpha value is -5.04. The van der Waals surface area contributed by atoms with E-state index in [0.29, 0.717) is 37.4 Å². The number of aromatic amines is 1. The van der Waals surface area contributed by atoms with Crippen LogP contribution in [0.1, 0.15) is 16.7 Å². The fraction of sp³-hybridized carbons (Fsp3) is 0.286. The van der Waals surface area contributed by atoms with Gasteiger partial charge in [0, 0.05) is 45.1 Å². The van der Waals surface area contributed by atoms with E-state index in [0.717, 1.165) is 22.0 Å². The van der Waals surface area contributed by atoms with Crippen molar-refractivity contribution >= 4 is 35.4 Å². The van der Waals surface area contributed by atoms with Gasteiger partial charge in [0.25, 0.3) is 5.56 Å². The van der Waals surface area contributed by atoms with E-state index >= 15 is 0 Å². The van der Waals surface area contributed by atoms with Crippen LogP contribution in [0.25, 0.3) is 0 Å². The summed E-state index contributed by atoms with van der Waals surface area (Å²) in [6.07, 6.45) is 1.18. The third-order valence-electron chi connectivity index (χ3n) is 8.06. The number of anilines is 1. The number of piperazine rings is 1. The van der Waals surface area contributed by atoms with Gasteiger partial charge in [0.1, 0.15) is 5.56 Å². The molecule has 13 heteroatoms. The van der Waals surface area contributed by atoms with Crippen LogP contribution >= 0.6 is 0 Å². The second-order valence-electron chi connectivity index (χ2n) is 10.4. The van der Waals surface area contributed by atoms with Crippen LogP contribution in [0, 0.1) is 5.41 Å². The number of aliphatic imine (C=N–C) groups is 1. The Bertz CT molecular complexity index is 1710. The van der Waals surface area contributed by atoms with Gasteiger partial charge in [-0.1, -0.05) is 30.3 Å². The van der Waals surface area contributed by atoms with Crippen LogP contribution in [0.15, 0.2) is 63.1 Å². The van der Waals surface area contributed by atoms with E-state index in [2.05, 4.69) is 25.5 Å². The molecule has 6 rings (SSSR count). The summed E-state index contributed by atoms with van der Waals surface area (Å²) in [4.78, 5) is 73.6. The Morgan fingerprint density at radius 2 is 1.76 bits per heavy atom. The SMILES string of the molecule is Cn1c(O)c(C=Nc2ccc3c(c2)CC2(C(=O)NC(=O)NC2=O)C2CN(Cc4ccccc4)CCN32)c(=O)[nH]c1=O. The normalized spacial score (nSPS) is 20.1. The number of nitrogens with zero attached hydrogens (tertiary/aromatic N) is 4. The lowest BCUT2D eigenvalue weighted by Gasteiger charge is -2.54. The third kappa shape index (κ3) is 4.39. The van der Waals surface area contributed by atoms with Crippen molar-refractivity contribution < 1.29 is 19.5 Å². The van der Waals surface area contributed by atoms with E-state index in [1.807, 2.05) is 41.3 Å². The smallest absolute Gasteiger partial charge is 0.330 e. The average molecular weight is 558 g/mol. The minimum absolute atomic E-state index is 0.0304. The maximum Gasteiger partial charge on any atom is 0.330 e. The number of urea groups is 1. The van der Waals surface area contributed by atoms with E-state index in [4.69, 9.17) is 0 Å². The maximum atomic E-state index is 13.5. The fourth-order valence-corrected chi connectivity index (χ4v) is 5.94. The summed E-state index contributed by atoms with van der Waals surface area (Å²) in [6, 6.07) is 13.9. The summed E-state index contributed by atoms with van der Waals surface area (Å²) >= 11 is 0. The number of carbonyl (C=O) groups is 3. The van der Waals surface area contributed by atoms with Crippen molar-refractivity contribution in [3.05, 3.63) is 86.1 Å². The topological polar surface area (TPSA) is 169 Å². The lowest BCUT2D eigenvalue weighted by Crippen LogP contribution is -2.74. The number of carbonyl (C=O) groups excluding carboxylic acids is 3. The highest BCUT2D eigenvalue weighted by Crippen LogP contribution is 2.45. The highest BCUT2D eigenvalue weighted by atomic mass is 16.3. The third-order valence-corrected chi connectivity index (χ3v) is 8.06. The molecule has 4 heterocycles. The Balaban J connectivity index is 1.37. The number of fused-ring (bicyclic) bond motifs is 4. The molecule has 3 aliphatic heterocycles. The molecule has 0 radical (unpaired) electrons. The zero-order chi connectivity index (χ0) is 28.9. The first kappa shape index (κ1) is 26.2. The lowest BCUT2D eigenvalue weighted by atomic mass is 9.68. The molecule has 3 aliphatic rings. The number of hydrogen-bond donors (Lipinski definition) is 4. The van der Waals surface area contributed by atoms with Crippen molar-refractivity contribution in [3.8, 4) is 5.88 Å². The number of rotatable bonds is 4. The minimum atomic E-state index is -1.56. The van der Waals surface area contributed by atoms with Crippen LogP contribution in [-0.4, -0.2) is 69.3 Å². The highest BCUT2D eigenvalue weighted by Gasteiger charge is 2.60. The molecular weight excluding hydrogens is 530 g/mol. The summed E-state index contributed by atoms with van der Waals surface area (Å²) in [6.45, 7) is 2.32. The van der Waals surface area contributed by atoms with Gasteiger partial charge in [0.2, 0.25) is 17.7 Å². The molecule has 4 N–H and O–H groups in total. The number of hydrogen-bond acceptors (Lipinski definition) is 9. The molecule has 41 heavy (non-hydrogen) atoms.